The van der Waals surface area contributed by atoms with Crippen LogP contribution in [0.3, 0.4) is 0 Å². The third-order valence-corrected chi connectivity index (χ3v) is 6.71. The van der Waals surface area contributed by atoms with Crippen molar-refractivity contribution in [2.75, 3.05) is 31.5 Å². The number of nitrogens with zero attached hydrogens (tertiary/aromatic N) is 3. The normalized spacial score (nSPS) is 19.4. The predicted octanol–water partition coefficient (Wildman–Crippen LogP) is 3.52. The molecule has 2 aromatic rings. The molecule has 2 aliphatic rings. The van der Waals surface area contributed by atoms with Crippen LogP contribution in [0.25, 0.3) is 0 Å². The number of rotatable bonds is 8. The number of likely N-dealkylation sites (tertiary alicyclic amines) is 1. The fraction of sp³-hybridized carbons (Fsp3) is 0.545. The molecule has 2 heterocycles. The van der Waals surface area contributed by atoms with E-state index in [2.05, 4.69) is 32.7 Å². The third-order valence-electron chi connectivity index (χ3n) is 5.62. The summed E-state index contributed by atoms with van der Waals surface area (Å²) in [6.07, 6.45) is 5.79. The molecule has 2 amide bonds. The van der Waals surface area contributed by atoms with Gasteiger partial charge in [-0.2, -0.15) is 0 Å². The lowest BCUT2D eigenvalue weighted by atomic mass is 10.0. The van der Waals surface area contributed by atoms with Crippen LogP contribution in [0, 0.1) is 5.92 Å². The Morgan fingerprint density at radius 1 is 1.20 bits per heavy atom. The van der Waals surface area contributed by atoms with Crippen molar-refractivity contribution in [3.63, 3.8) is 0 Å². The lowest BCUT2D eigenvalue weighted by molar-refractivity contribution is 0.0948. The average Bonchev–Trinajstić information content (AvgIpc) is 3.47. The second kappa shape index (κ2) is 9.66. The number of anilines is 1. The molecule has 30 heavy (non-hydrogen) atoms. The minimum absolute atomic E-state index is 0.120. The minimum atomic E-state index is -0.285. The fourth-order valence-electron chi connectivity index (χ4n) is 3.84. The molecule has 0 unspecified atom stereocenters. The van der Waals surface area contributed by atoms with Gasteiger partial charge in [0.05, 0.1) is 0 Å². The first-order valence-electron chi connectivity index (χ1n) is 10.8. The van der Waals surface area contributed by atoms with Crippen LogP contribution in [-0.4, -0.2) is 53.1 Å². The Balaban J connectivity index is 1.24. The van der Waals surface area contributed by atoms with Crippen molar-refractivity contribution in [2.24, 2.45) is 5.92 Å². The summed E-state index contributed by atoms with van der Waals surface area (Å²) >= 11 is 1.35. The smallest absolute Gasteiger partial charge is 0.286 e. The number of benzene rings is 1. The van der Waals surface area contributed by atoms with Crippen LogP contribution in [0.15, 0.2) is 24.3 Å². The molecular formula is C22H29N5O2S. The van der Waals surface area contributed by atoms with Gasteiger partial charge in [-0.15, -0.1) is 10.2 Å². The van der Waals surface area contributed by atoms with Gasteiger partial charge in [0.25, 0.3) is 11.8 Å². The van der Waals surface area contributed by atoms with E-state index in [1.165, 1.54) is 24.2 Å². The fourth-order valence-corrected chi connectivity index (χ4v) is 4.75. The van der Waals surface area contributed by atoms with Crippen LogP contribution in [0.4, 0.5) is 5.69 Å². The van der Waals surface area contributed by atoms with Gasteiger partial charge in [0.1, 0.15) is 5.01 Å². The monoisotopic (exact) mass is 427 g/mol. The summed E-state index contributed by atoms with van der Waals surface area (Å²) in [5, 5.41) is 15.2. The molecule has 0 spiro atoms. The van der Waals surface area contributed by atoms with Crippen molar-refractivity contribution in [1.29, 1.82) is 0 Å². The number of hydrogen-bond donors (Lipinski definition) is 2. The second-order valence-corrected chi connectivity index (χ2v) is 9.42. The highest BCUT2D eigenvalue weighted by Crippen LogP contribution is 2.41. The number of hydrogen-bond acceptors (Lipinski definition) is 6. The van der Waals surface area contributed by atoms with Gasteiger partial charge in [0.2, 0.25) is 5.01 Å². The van der Waals surface area contributed by atoms with Crippen LogP contribution in [0.5, 0.6) is 0 Å². The molecule has 1 aromatic heterocycles. The lowest BCUT2D eigenvalue weighted by Gasteiger charge is -2.30. The summed E-state index contributed by atoms with van der Waals surface area (Å²) in [5.74, 6) is 0.846. The first kappa shape index (κ1) is 20.9. The van der Waals surface area contributed by atoms with Crippen LogP contribution < -0.4 is 10.6 Å². The maximum atomic E-state index is 12.5. The highest BCUT2D eigenvalue weighted by Gasteiger charge is 2.28. The highest BCUT2D eigenvalue weighted by atomic mass is 32.1. The van der Waals surface area contributed by atoms with E-state index in [-0.39, 0.29) is 11.8 Å². The summed E-state index contributed by atoms with van der Waals surface area (Å²) in [6, 6.07) is 7.00. The first-order valence-corrected chi connectivity index (χ1v) is 11.7. The lowest BCUT2D eigenvalue weighted by Crippen LogP contribution is -2.36. The van der Waals surface area contributed by atoms with Crippen molar-refractivity contribution in [3.8, 4) is 0 Å². The molecule has 1 atom stereocenters. The van der Waals surface area contributed by atoms with Crippen molar-refractivity contribution >= 4 is 28.8 Å². The van der Waals surface area contributed by atoms with E-state index >= 15 is 0 Å². The van der Waals surface area contributed by atoms with Crippen molar-refractivity contribution in [1.82, 2.24) is 20.4 Å². The molecule has 0 radical (unpaired) electrons. The third kappa shape index (κ3) is 5.64. The molecular weight excluding hydrogens is 398 g/mol. The van der Waals surface area contributed by atoms with E-state index in [4.69, 9.17) is 0 Å². The van der Waals surface area contributed by atoms with E-state index in [0.717, 1.165) is 49.8 Å². The van der Waals surface area contributed by atoms with Crippen LogP contribution in [0.2, 0.25) is 0 Å². The Labute approximate surface area is 181 Å². The Hall–Kier alpha value is -2.32. The summed E-state index contributed by atoms with van der Waals surface area (Å²) < 4.78 is 0. The minimum Gasteiger partial charge on any atom is -0.352 e. The van der Waals surface area contributed by atoms with E-state index in [9.17, 15) is 9.59 Å². The Morgan fingerprint density at radius 3 is 2.87 bits per heavy atom. The summed E-state index contributed by atoms with van der Waals surface area (Å²) in [7, 11) is 0. The number of amides is 2. The molecule has 8 heteroatoms. The van der Waals surface area contributed by atoms with Crippen molar-refractivity contribution in [2.45, 2.75) is 44.9 Å². The zero-order valence-electron chi connectivity index (χ0n) is 17.4. The van der Waals surface area contributed by atoms with E-state index in [0.29, 0.717) is 28.7 Å². The van der Waals surface area contributed by atoms with Crippen molar-refractivity contribution < 1.29 is 9.59 Å². The first-order chi connectivity index (χ1) is 14.6. The standard InChI is InChI=1S/C22H29N5O2S/c1-15-5-3-11-27(14-15)12-4-10-23-19(28)17-6-2-7-18(13-17)24-20(29)22-26-25-21(30-22)16-8-9-16/h2,6-7,13,15-16H,3-5,8-12,14H2,1H3,(H,23,28)(H,24,29)/t15-/m1/s1. The van der Waals surface area contributed by atoms with Crippen LogP contribution in [-0.2, 0) is 0 Å². The zero-order chi connectivity index (χ0) is 20.9. The SMILES string of the molecule is C[C@@H]1CCCN(CCCNC(=O)c2cccc(NC(=O)c3nnc(C4CC4)s3)c2)C1. The summed E-state index contributed by atoms with van der Waals surface area (Å²) in [6.45, 7) is 6.29. The maximum absolute atomic E-state index is 12.5. The number of aromatic nitrogens is 2. The summed E-state index contributed by atoms with van der Waals surface area (Å²) in [5.41, 5.74) is 1.12. The van der Waals surface area contributed by atoms with Gasteiger partial charge >= 0.3 is 0 Å². The number of piperidine rings is 1. The average molecular weight is 428 g/mol. The van der Waals surface area contributed by atoms with Gasteiger partial charge in [-0.1, -0.05) is 24.3 Å². The molecule has 1 aliphatic heterocycles. The molecule has 160 valence electrons. The number of carbonyl (C=O) groups excluding carboxylic acids is 2. The van der Waals surface area contributed by atoms with E-state index in [1.54, 1.807) is 24.3 Å². The van der Waals surface area contributed by atoms with Crippen LogP contribution in [0.1, 0.15) is 70.1 Å². The predicted molar refractivity (Wildman–Crippen MR) is 118 cm³/mol. The molecule has 2 N–H and O–H groups in total. The Bertz CT molecular complexity index is 895. The van der Waals surface area contributed by atoms with Crippen molar-refractivity contribution in [3.05, 3.63) is 39.8 Å². The van der Waals surface area contributed by atoms with E-state index in [1.807, 2.05) is 0 Å². The summed E-state index contributed by atoms with van der Waals surface area (Å²) in [4.78, 5) is 27.4. The van der Waals surface area contributed by atoms with Gasteiger partial charge in [-0.05, 0) is 69.3 Å². The molecule has 7 nitrogen and oxygen atoms in total. The largest absolute Gasteiger partial charge is 0.352 e. The molecule has 1 saturated carbocycles. The quantitative estimate of drug-likeness (QED) is 0.630. The Morgan fingerprint density at radius 2 is 2.07 bits per heavy atom. The van der Waals surface area contributed by atoms with Gasteiger partial charge in [-0.3, -0.25) is 9.59 Å². The molecule has 1 aliphatic carbocycles. The molecule has 1 saturated heterocycles. The molecule has 1 aromatic carbocycles. The van der Waals surface area contributed by atoms with Gasteiger partial charge in [0, 0.05) is 30.3 Å². The van der Waals surface area contributed by atoms with E-state index < -0.39 is 0 Å². The van der Waals surface area contributed by atoms with Gasteiger partial charge in [-0.25, -0.2) is 0 Å². The zero-order valence-corrected chi connectivity index (χ0v) is 18.2. The van der Waals surface area contributed by atoms with Gasteiger partial charge in [0.15, 0.2) is 0 Å². The number of nitrogens with one attached hydrogen (secondary N) is 2. The topological polar surface area (TPSA) is 87.2 Å². The maximum Gasteiger partial charge on any atom is 0.286 e. The Kier molecular flexibility index (Phi) is 6.74. The van der Waals surface area contributed by atoms with Gasteiger partial charge < -0.3 is 15.5 Å². The number of carbonyl (C=O) groups is 2. The molecule has 0 bridgehead atoms. The molecule has 2 fully saturated rings. The highest BCUT2D eigenvalue weighted by molar-refractivity contribution is 7.13. The molecule has 4 rings (SSSR count). The van der Waals surface area contributed by atoms with Crippen LogP contribution >= 0.6 is 11.3 Å². The second-order valence-electron chi connectivity index (χ2n) is 8.41.